The van der Waals surface area contributed by atoms with Gasteiger partial charge in [0.15, 0.2) is 0 Å². The average molecular weight is 352 g/mol. The molecule has 1 aromatic heterocycles. The molecule has 0 bridgehead atoms. The normalized spacial score (nSPS) is 11.1. The number of aromatic nitrogens is 1. The number of benzene rings is 2. The zero-order chi connectivity index (χ0) is 18.7. The molecule has 138 valence electrons. The number of nitrogens with one attached hydrogen (secondary N) is 1. The Balaban J connectivity index is 2.31. The minimum Gasteiger partial charge on any atom is -0.496 e. The lowest BCUT2D eigenvalue weighted by Gasteiger charge is -2.14. The summed E-state index contributed by atoms with van der Waals surface area (Å²) in [6.07, 6.45) is 3.04. The lowest BCUT2D eigenvalue weighted by Crippen LogP contribution is -2.00. The molecule has 1 heterocycles. The Labute approximate surface area is 155 Å². The summed E-state index contributed by atoms with van der Waals surface area (Å²) in [4.78, 5) is 3.67. The standard InChI is InChI=1S/C22H28N2O2/c1-14-11-12-15(2)21-19(14)16(8-5-6-13-23)22(24-21)20-17(25-3)9-7-10-18(20)26-4/h7,9-12,24H,5-6,8,13,23H2,1-4H3. The summed E-state index contributed by atoms with van der Waals surface area (Å²) in [5.74, 6) is 1.62. The lowest BCUT2D eigenvalue weighted by atomic mass is 9.96. The van der Waals surface area contributed by atoms with Crippen LogP contribution in [-0.4, -0.2) is 25.7 Å². The third-order valence-electron chi connectivity index (χ3n) is 5.03. The van der Waals surface area contributed by atoms with Crippen molar-refractivity contribution in [2.24, 2.45) is 5.73 Å². The summed E-state index contributed by atoms with van der Waals surface area (Å²) < 4.78 is 11.3. The van der Waals surface area contributed by atoms with Crippen LogP contribution in [0.15, 0.2) is 30.3 Å². The molecule has 0 spiro atoms. The van der Waals surface area contributed by atoms with Crippen LogP contribution in [-0.2, 0) is 6.42 Å². The third-order valence-corrected chi connectivity index (χ3v) is 5.03. The van der Waals surface area contributed by atoms with Crippen LogP contribution in [0.4, 0.5) is 0 Å². The first-order valence-electron chi connectivity index (χ1n) is 9.14. The third kappa shape index (κ3) is 3.17. The van der Waals surface area contributed by atoms with Gasteiger partial charge in [-0.1, -0.05) is 18.2 Å². The maximum Gasteiger partial charge on any atom is 0.131 e. The minimum atomic E-state index is 0.716. The Hall–Kier alpha value is -2.46. The first-order chi connectivity index (χ1) is 12.6. The second-order valence-corrected chi connectivity index (χ2v) is 6.71. The molecule has 0 amide bonds. The molecule has 0 radical (unpaired) electrons. The highest BCUT2D eigenvalue weighted by atomic mass is 16.5. The molecule has 0 aliphatic heterocycles. The summed E-state index contributed by atoms with van der Waals surface area (Å²) in [6, 6.07) is 10.3. The second kappa shape index (κ2) is 7.83. The molecule has 3 N–H and O–H groups in total. The van der Waals surface area contributed by atoms with E-state index in [4.69, 9.17) is 15.2 Å². The molecule has 3 rings (SSSR count). The van der Waals surface area contributed by atoms with Crippen LogP contribution in [0.25, 0.3) is 22.2 Å². The van der Waals surface area contributed by atoms with Crippen molar-refractivity contribution in [1.82, 2.24) is 4.98 Å². The highest BCUT2D eigenvalue weighted by Crippen LogP contribution is 2.43. The number of nitrogens with two attached hydrogens (primary N) is 1. The average Bonchev–Trinajstić information content (AvgIpc) is 3.04. The van der Waals surface area contributed by atoms with E-state index in [0.29, 0.717) is 6.54 Å². The molecule has 0 aliphatic carbocycles. The Kier molecular flexibility index (Phi) is 5.52. The van der Waals surface area contributed by atoms with E-state index in [1.807, 2.05) is 18.2 Å². The number of aryl methyl sites for hydroxylation is 3. The van der Waals surface area contributed by atoms with Crippen molar-refractivity contribution in [1.29, 1.82) is 0 Å². The Morgan fingerprint density at radius 1 is 0.923 bits per heavy atom. The summed E-state index contributed by atoms with van der Waals surface area (Å²) in [7, 11) is 3.40. The van der Waals surface area contributed by atoms with E-state index >= 15 is 0 Å². The van der Waals surface area contributed by atoms with Crippen LogP contribution in [0.5, 0.6) is 11.5 Å². The van der Waals surface area contributed by atoms with Gasteiger partial charge in [0, 0.05) is 10.9 Å². The highest BCUT2D eigenvalue weighted by Gasteiger charge is 2.21. The number of aromatic amines is 1. The van der Waals surface area contributed by atoms with Gasteiger partial charge in [-0.2, -0.15) is 0 Å². The van der Waals surface area contributed by atoms with E-state index in [0.717, 1.165) is 42.0 Å². The van der Waals surface area contributed by atoms with Crippen molar-refractivity contribution in [3.05, 3.63) is 47.0 Å². The minimum absolute atomic E-state index is 0.716. The number of hydrogen-bond acceptors (Lipinski definition) is 3. The summed E-state index contributed by atoms with van der Waals surface area (Å²) in [6.45, 7) is 5.03. The van der Waals surface area contributed by atoms with Crippen molar-refractivity contribution in [2.75, 3.05) is 20.8 Å². The van der Waals surface area contributed by atoms with Gasteiger partial charge < -0.3 is 20.2 Å². The number of methoxy groups -OCH3 is 2. The molecule has 26 heavy (non-hydrogen) atoms. The largest absolute Gasteiger partial charge is 0.496 e. The highest BCUT2D eigenvalue weighted by molar-refractivity contribution is 5.96. The van der Waals surface area contributed by atoms with Crippen LogP contribution in [0.1, 0.15) is 29.5 Å². The maximum atomic E-state index is 5.73. The van der Waals surface area contributed by atoms with Gasteiger partial charge in [-0.15, -0.1) is 0 Å². The van der Waals surface area contributed by atoms with Gasteiger partial charge in [-0.05, 0) is 68.5 Å². The van der Waals surface area contributed by atoms with E-state index in [1.165, 1.54) is 27.6 Å². The fraction of sp³-hybridized carbons (Fsp3) is 0.364. The fourth-order valence-electron chi connectivity index (χ4n) is 3.69. The molecule has 0 saturated carbocycles. The van der Waals surface area contributed by atoms with Crippen molar-refractivity contribution in [2.45, 2.75) is 33.1 Å². The van der Waals surface area contributed by atoms with Gasteiger partial charge in [0.05, 0.1) is 25.5 Å². The fourth-order valence-corrected chi connectivity index (χ4v) is 3.69. The van der Waals surface area contributed by atoms with Gasteiger partial charge in [-0.25, -0.2) is 0 Å². The molecule has 4 nitrogen and oxygen atoms in total. The molecule has 3 aromatic rings. The summed E-state index contributed by atoms with van der Waals surface area (Å²) in [5, 5.41) is 1.31. The number of fused-ring (bicyclic) bond motifs is 1. The zero-order valence-electron chi connectivity index (χ0n) is 16.1. The smallest absolute Gasteiger partial charge is 0.131 e. The van der Waals surface area contributed by atoms with Gasteiger partial charge in [0.25, 0.3) is 0 Å². The maximum absolute atomic E-state index is 5.73. The Morgan fingerprint density at radius 3 is 2.19 bits per heavy atom. The molecular weight excluding hydrogens is 324 g/mol. The quantitative estimate of drug-likeness (QED) is 0.603. The number of ether oxygens (including phenoxy) is 2. The van der Waals surface area contributed by atoms with E-state index in [2.05, 4.69) is 31.0 Å². The van der Waals surface area contributed by atoms with Crippen LogP contribution in [0.2, 0.25) is 0 Å². The zero-order valence-corrected chi connectivity index (χ0v) is 16.1. The van der Waals surface area contributed by atoms with Crippen molar-refractivity contribution >= 4 is 10.9 Å². The van der Waals surface area contributed by atoms with Crippen molar-refractivity contribution < 1.29 is 9.47 Å². The van der Waals surface area contributed by atoms with Crippen LogP contribution in [0.3, 0.4) is 0 Å². The summed E-state index contributed by atoms with van der Waals surface area (Å²) in [5.41, 5.74) is 12.8. The van der Waals surface area contributed by atoms with E-state index in [-0.39, 0.29) is 0 Å². The number of H-pyrrole nitrogens is 1. The molecule has 0 unspecified atom stereocenters. The van der Waals surface area contributed by atoms with Crippen molar-refractivity contribution in [3.63, 3.8) is 0 Å². The van der Waals surface area contributed by atoms with Crippen molar-refractivity contribution in [3.8, 4) is 22.8 Å². The Morgan fingerprint density at radius 2 is 1.58 bits per heavy atom. The molecule has 2 aromatic carbocycles. The number of hydrogen-bond donors (Lipinski definition) is 2. The SMILES string of the molecule is COc1cccc(OC)c1-c1[nH]c2c(C)ccc(C)c2c1CCCCN. The van der Waals surface area contributed by atoms with Gasteiger partial charge in [0.1, 0.15) is 11.5 Å². The first kappa shape index (κ1) is 18.3. The monoisotopic (exact) mass is 352 g/mol. The lowest BCUT2D eigenvalue weighted by molar-refractivity contribution is 0.397. The van der Waals surface area contributed by atoms with Gasteiger partial charge >= 0.3 is 0 Å². The van der Waals surface area contributed by atoms with Crippen LogP contribution in [0, 0.1) is 13.8 Å². The second-order valence-electron chi connectivity index (χ2n) is 6.71. The Bertz CT molecular complexity index is 890. The molecular formula is C22H28N2O2. The van der Waals surface area contributed by atoms with Crippen LogP contribution >= 0.6 is 0 Å². The number of rotatable bonds is 7. The first-order valence-corrected chi connectivity index (χ1v) is 9.14. The predicted octanol–water partition coefficient (Wildman–Crippen LogP) is 4.75. The van der Waals surface area contributed by atoms with E-state index < -0.39 is 0 Å². The summed E-state index contributed by atoms with van der Waals surface area (Å²) >= 11 is 0. The molecule has 0 atom stereocenters. The topological polar surface area (TPSA) is 60.3 Å². The van der Waals surface area contributed by atoms with E-state index in [1.54, 1.807) is 14.2 Å². The van der Waals surface area contributed by atoms with Gasteiger partial charge in [0.2, 0.25) is 0 Å². The van der Waals surface area contributed by atoms with Crippen LogP contribution < -0.4 is 15.2 Å². The predicted molar refractivity (Wildman–Crippen MR) is 108 cm³/mol. The molecule has 4 heteroatoms. The van der Waals surface area contributed by atoms with E-state index in [9.17, 15) is 0 Å². The molecule has 0 saturated heterocycles. The van der Waals surface area contributed by atoms with Gasteiger partial charge in [-0.3, -0.25) is 0 Å². The number of unbranched alkanes of at least 4 members (excludes halogenated alkanes) is 1. The molecule has 0 fully saturated rings. The molecule has 0 aliphatic rings.